The van der Waals surface area contributed by atoms with Crippen LogP contribution in [-0.2, 0) is 11.2 Å². The minimum absolute atomic E-state index is 0.0567. The Morgan fingerprint density at radius 1 is 1.36 bits per heavy atom. The minimum Gasteiger partial charge on any atom is -0.361 e. The molecular weight excluding hydrogens is 310 g/mol. The highest BCUT2D eigenvalue weighted by Crippen LogP contribution is 2.41. The molecule has 2 N–H and O–H groups in total. The lowest BCUT2D eigenvalue weighted by Gasteiger charge is -2.41. The molecule has 25 heavy (non-hydrogen) atoms. The summed E-state index contributed by atoms with van der Waals surface area (Å²) in [6.45, 7) is 6.91. The number of H-pyrrole nitrogens is 1. The first-order chi connectivity index (χ1) is 12.2. The Balaban J connectivity index is 1.71. The van der Waals surface area contributed by atoms with E-state index < -0.39 is 0 Å². The summed E-state index contributed by atoms with van der Waals surface area (Å²) in [5.41, 5.74) is 5.23. The second-order valence-corrected chi connectivity index (χ2v) is 7.22. The Labute approximate surface area is 149 Å². The molecule has 0 spiro atoms. The van der Waals surface area contributed by atoms with Gasteiger partial charge in [0.25, 0.3) is 0 Å². The van der Waals surface area contributed by atoms with Crippen LogP contribution < -0.4 is 5.32 Å². The second kappa shape index (κ2) is 6.68. The van der Waals surface area contributed by atoms with Crippen molar-refractivity contribution < 1.29 is 4.79 Å². The number of nitrogens with zero attached hydrogens (tertiary/aromatic N) is 1. The fourth-order valence-corrected chi connectivity index (χ4v) is 4.36. The molecule has 1 amide bonds. The maximum absolute atomic E-state index is 12.7. The van der Waals surface area contributed by atoms with E-state index in [-0.39, 0.29) is 11.8 Å². The molecule has 2 aliphatic rings. The SMILES string of the molecule is CCCCNC(=O)C1C=C2c3cccc4[nH]cc(c34)CC2N(CC)C1. The number of aromatic nitrogens is 1. The zero-order valence-corrected chi connectivity index (χ0v) is 15.1. The summed E-state index contributed by atoms with van der Waals surface area (Å²) in [5.74, 6) is 0.115. The lowest BCUT2D eigenvalue weighted by molar-refractivity contribution is -0.124. The standard InChI is InChI=1S/C21H27N3O/c1-3-5-9-22-21(25)15-10-17-16-7-6-8-18-20(16)14(12-23-18)11-19(17)24(4-2)13-15/h6-8,10,12,15,19,23H,3-5,9,11,13H2,1-2H3,(H,22,25). The van der Waals surface area contributed by atoms with Crippen molar-refractivity contribution in [3.63, 3.8) is 0 Å². The number of benzene rings is 1. The lowest BCUT2D eigenvalue weighted by atomic mass is 9.79. The van der Waals surface area contributed by atoms with Gasteiger partial charge >= 0.3 is 0 Å². The molecule has 4 rings (SSSR count). The average molecular weight is 337 g/mol. The largest absolute Gasteiger partial charge is 0.361 e. The number of hydrogen-bond donors (Lipinski definition) is 2. The maximum Gasteiger partial charge on any atom is 0.228 e. The third-order valence-corrected chi connectivity index (χ3v) is 5.70. The number of hydrogen-bond acceptors (Lipinski definition) is 2. The van der Waals surface area contributed by atoms with Gasteiger partial charge in [-0.3, -0.25) is 9.69 Å². The number of aromatic amines is 1. The van der Waals surface area contributed by atoms with Gasteiger partial charge in [-0.15, -0.1) is 0 Å². The maximum atomic E-state index is 12.7. The van der Waals surface area contributed by atoms with Crippen molar-refractivity contribution >= 4 is 22.4 Å². The van der Waals surface area contributed by atoms with Crippen LogP contribution in [0.2, 0.25) is 0 Å². The van der Waals surface area contributed by atoms with Gasteiger partial charge in [-0.2, -0.15) is 0 Å². The smallest absolute Gasteiger partial charge is 0.228 e. The van der Waals surface area contributed by atoms with Gasteiger partial charge in [-0.1, -0.05) is 38.5 Å². The minimum atomic E-state index is -0.0567. The molecule has 4 nitrogen and oxygen atoms in total. The zero-order valence-electron chi connectivity index (χ0n) is 15.1. The van der Waals surface area contributed by atoms with Crippen LogP contribution in [0.3, 0.4) is 0 Å². The van der Waals surface area contributed by atoms with Crippen molar-refractivity contribution in [2.45, 2.75) is 39.2 Å². The number of carbonyl (C=O) groups is 1. The summed E-state index contributed by atoms with van der Waals surface area (Å²) in [4.78, 5) is 18.5. The Morgan fingerprint density at radius 2 is 2.24 bits per heavy atom. The molecular formula is C21H27N3O. The summed E-state index contributed by atoms with van der Waals surface area (Å²) in [7, 11) is 0. The molecule has 1 aliphatic heterocycles. The molecule has 2 unspecified atom stereocenters. The fraction of sp³-hybridized carbons (Fsp3) is 0.476. The van der Waals surface area contributed by atoms with Crippen molar-refractivity contribution in [3.8, 4) is 0 Å². The second-order valence-electron chi connectivity index (χ2n) is 7.22. The monoisotopic (exact) mass is 337 g/mol. The van der Waals surface area contributed by atoms with E-state index in [1.807, 2.05) is 0 Å². The molecule has 0 fully saturated rings. The molecule has 0 bridgehead atoms. The van der Waals surface area contributed by atoms with E-state index in [1.165, 1.54) is 27.6 Å². The molecule has 2 heterocycles. The van der Waals surface area contributed by atoms with Gasteiger partial charge in [0.2, 0.25) is 5.91 Å². The van der Waals surface area contributed by atoms with Gasteiger partial charge in [-0.25, -0.2) is 0 Å². The van der Waals surface area contributed by atoms with Gasteiger partial charge in [0.15, 0.2) is 0 Å². The Kier molecular flexibility index (Phi) is 4.38. The van der Waals surface area contributed by atoms with Crippen LogP contribution in [0.4, 0.5) is 0 Å². The predicted molar refractivity (Wildman–Crippen MR) is 102 cm³/mol. The van der Waals surface area contributed by atoms with Crippen LogP contribution in [0.25, 0.3) is 16.5 Å². The molecule has 4 heteroatoms. The summed E-state index contributed by atoms with van der Waals surface area (Å²) in [6, 6.07) is 6.85. The third kappa shape index (κ3) is 2.78. The van der Waals surface area contributed by atoms with E-state index in [0.717, 1.165) is 38.9 Å². The van der Waals surface area contributed by atoms with Gasteiger partial charge in [0.1, 0.15) is 0 Å². The van der Waals surface area contributed by atoms with E-state index in [2.05, 4.69) is 59.5 Å². The van der Waals surface area contributed by atoms with Crippen LogP contribution >= 0.6 is 0 Å². The highest BCUT2D eigenvalue weighted by Gasteiger charge is 2.36. The van der Waals surface area contributed by atoms with Gasteiger partial charge < -0.3 is 10.3 Å². The number of amides is 1. The summed E-state index contributed by atoms with van der Waals surface area (Å²) in [5, 5.41) is 4.46. The molecule has 0 saturated carbocycles. The molecule has 132 valence electrons. The van der Waals surface area contributed by atoms with Crippen molar-refractivity contribution in [1.29, 1.82) is 0 Å². The number of carbonyl (C=O) groups excluding carboxylic acids is 1. The molecule has 1 aromatic carbocycles. The number of likely N-dealkylation sites (N-methyl/N-ethyl adjacent to an activating group) is 1. The first-order valence-corrected chi connectivity index (χ1v) is 9.55. The van der Waals surface area contributed by atoms with E-state index in [0.29, 0.717) is 6.04 Å². The van der Waals surface area contributed by atoms with Crippen molar-refractivity contribution in [3.05, 3.63) is 41.6 Å². The molecule has 2 aromatic rings. The number of fused-ring (bicyclic) bond motifs is 2. The molecule has 2 atom stereocenters. The first-order valence-electron chi connectivity index (χ1n) is 9.55. The number of rotatable bonds is 5. The summed E-state index contributed by atoms with van der Waals surface area (Å²) < 4.78 is 0. The molecule has 0 radical (unpaired) electrons. The zero-order chi connectivity index (χ0) is 17.4. The predicted octanol–water partition coefficient (Wildman–Crippen LogP) is 3.34. The molecule has 1 aliphatic carbocycles. The van der Waals surface area contributed by atoms with Crippen LogP contribution in [-0.4, -0.2) is 41.5 Å². The van der Waals surface area contributed by atoms with Gasteiger partial charge in [0.05, 0.1) is 5.92 Å². The fourth-order valence-electron chi connectivity index (χ4n) is 4.36. The van der Waals surface area contributed by atoms with Crippen LogP contribution in [0.1, 0.15) is 37.8 Å². The van der Waals surface area contributed by atoms with Crippen molar-refractivity contribution in [2.75, 3.05) is 19.6 Å². The number of nitrogens with one attached hydrogen (secondary N) is 2. The van der Waals surface area contributed by atoms with Crippen molar-refractivity contribution in [2.24, 2.45) is 5.92 Å². The molecule has 1 aromatic heterocycles. The van der Waals surface area contributed by atoms with E-state index in [9.17, 15) is 4.79 Å². The van der Waals surface area contributed by atoms with Gasteiger partial charge in [-0.05, 0) is 42.2 Å². The quantitative estimate of drug-likeness (QED) is 0.822. The first kappa shape index (κ1) is 16.4. The van der Waals surface area contributed by atoms with E-state index in [4.69, 9.17) is 0 Å². The summed E-state index contributed by atoms with van der Waals surface area (Å²) in [6.07, 6.45) is 7.57. The van der Waals surface area contributed by atoms with Crippen LogP contribution in [0, 0.1) is 5.92 Å². The lowest BCUT2D eigenvalue weighted by Crippen LogP contribution is -2.48. The van der Waals surface area contributed by atoms with E-state index in [1.54, 1.807) is 0 Å². The third-order valence-electron chi connectivity index (χ3n) is 5.70. The highest BCUT2D eigenvalue weighted by atomic mass is 16.1. The normalized spacial score (nSPS) is 22.6. The Morgan fingerprint density at radius 3 is 3.04 bits per heavy atom. The summed E-state index contributed by atoms with van der Waals surface area (Å²) >= 11 is 0. The average Bonchev–Trinajstić information content (AvgIpc) is 3.05. The number of unbranched alkanes of at least 4 members (excludes halogenated alkanes) is 1. The van der Waals surface area contributed by atoms with Gasteiger partial charge in [0, 0.05) is 36.2 Å². The van der Waals surface area contributed by atoms with Crippen LogP contribution in [0.5, 0.6) is 0 Å². The van der Waals surface area contributed by atoms with Crippen LogP contribution in [0.15, 0.2) is 30.5 Å². The molecule has 0 saturated heterocycles. The highest BCUT2D eigenvalue weighted by molar-refractivity contribution is 5.99. The van der Waals surface area contributed by atoms with E-state index >= 15 is 0 Å². The topological polar surface area (TPSA) is 48.1 Å². The Bertz CT molecular complexity index is 820. The van der Waals surface area contributed by atoms with Crippen molar-refractivity contribution in [1.82, 2.24) is 15.2 Å². The Hall–Kier alpha value is -2.07.